The standard InChI is InChI=1S/2C12H12N2.2C6H7N.Ru/c2*1-9-3-5-13-11(7-9)12-8-10(2)4-6-14-12;2*1-6-2-4-7-5-3-6;/h2*3-8H,1-2H3;2*2-5H,1H3;. The van der Waals surface area contributed by atoms with E-state index in [4.69, 9.17) is 0 Å². The Bertz CT molecular complexity index is 1430. The Labute approximate surface area is 268 Å². The summed E-state index contributed by atoms with van der Waals surface area (Å²) in [4.78, 5) is 24.8. The number of pyridine rings is 6. The summed E-state index contributed by atoms with van der Waals surface area (Å²) in [6, 6.07) is 24.0. The second kappa shape index (κ2) is 18.9. The van der Waals surface area contributed by atoms with Gasteiger partial charge in [-0.25, -0.2) is 0 Å². The van der Waals surface area contributed by atoms with Gasteiger partial charge in [-0.15, -0.1) is 0 Å². The van der Waals surface area contributed by atoms with E-state index in [-0.39, 0.29) is 19.5 Å². The molecule has 0 bridgehead atoms. The molecule has 6 aromatic heterocycles. The summed E-state index contributed by atoms with van der Waals surface area (Å²) in [5.74, 6) is 0. The van der Waals surface area contributed by atoms with Crippen LogP contribution in [0, 0.1) is 41.5 Å². The third-order valence-corrected chi connectivity index (χ3v) is 5.88. The maximum absolute atomic E-state index is 4.29. The van der Waals surface area contributed by atoms with Crippen LogP contribution in [-0.2, 0) is 19.5 Å². The van der Waals surface area contributed by atoms with E-state index in [0.29, 0.717) is 0 Å². The first kappa shape index (κ1) is 34.7. The Kier molecular flexibility index (Phi) is 15.2. The molecule has 6 rings (SSSR count). The molecule has 0 fully saturated rings. The van der Waals surface area contributed by atoms with Gasteiger partial charge in [-0.05, 0) is 148 Å². The van der Waals surface area contributed by atoms with E-state index in [2.05, 4.69) is 57.6 Å². The molecule has 0 aliphatic heterocycles. The predicted molar refractivity (Wildman–Crippen MR) is 172 cm³/mol. The first-order valence-electron chi connectivity index (χ1n) is 13.7. The van der Waals surface area contributed by atoms with Crippen LogP contribution in [0.5, 0.6) is 0 Å². The molecule has 7 heteroatoms. The average molecular weight is 656 g/mol. The van der Waals surface area contributed by atoms with E-state index < -0.39 is 0 Å². The quantitative estimate of drug-likeness (QED) is 0.175. The van der Waals surface area contributed by atoms with Gasteiger partial charge in [0.25, 0.3) is 0 Å². The Morgan fingerprint density at radius 1 is 0.302 bits per heavy atom. The molecule has 0 atom stereocenters. The SMILES string of the molecule is Cc1ccnc(-c2cc(C)ccn2)c1.Cc1ccnc(-c2cc(C)ccn2)c1.Cc1ccncc1.Cc1ccncc1.[Ru]. The van der Waals surface area contributed by atoms with Gasteiger partial charge in [-0.1, -0.05) is 0 Å². The molecule has 6 aromatic rings. The third kappa shape index (κ3) is 13.4. The Balaban J connectivity index is 0.000000209. The first-order chi connectivity index (χ1) is 20.3. The molecule has 6 nitrogen and oxygen atoms in total. The molecule has 0 radical (unpaired) electrons. The van der Waals surface area contributed by atoms with E-state index in [1.54, 1.807) is 24.8 Å². The maximum Gasteiger partial charge on any atom is 0.0888 e. The summed E-state index contributed by atoms with van der Waals surface area (Å²) >= 11 is 0. The number of hydrogen-bond donors (Lipinski definition) is 0. The van der Waals surface area contributed by atoms with Crippen LogP contribution in [0.25, 0.3) is 22.8 Å². The summed E-state index contributed by atoms with van der Waals surface area (Å²) in [6.07, 6.45) is 14.4. The molecule has 0 aliphatic carbocycles. The third-order valence-electron chi connectivity index (χ3n) is 5.88. The molecule has 0 aromatic carbocycles. The fourth-order valence-electron chi connectivity index (χ4n) is 3.56. The molecule has 220 valence electrons. The van der Waals surface area contributed by atoms with E-state index >= 15 is 0 Å². The van der Waals surface area contributed by atoms with Gasteiger partial charge in [0.1, 0.15) is 0 Å². The molecule has 0 amide bonds. The number of hydrogen-bond acceptors (Lipinski definition) is 6. The average Bonchev–Trinajstić information content (AvgIpc) is 2.99. The van der Waals surface area contributed by atoms with Crippen molar-refractivity contribution in [1.82, 2.24) is 29.9 Å². The van der Waals surface area contributed by atoms with Crippen LogP contribution < -0.4 is 0 Å². The maximum atomic E-state index is 4.29. The van der Waals surface area contributed by atoms with Crippen LogP contribution in [0.1, 0.15) is 33.4 Å². The van der Waals surface area contributed by atoms with Crippen molar-refractivity contribution in [2.75, 3.05) is 0 Å². The fourth-order valence-corrected chi connectivity index (χ4v) is 3.56. The number of nitrogens with zero attached hydrogens (tertiary/aromatic N) is 6. The van der Waals surface area contributed by atoms with Crippen molar-refractivity contribution in [2.45, 2.75) is 41.5 Å². The van der Waals surface area contributed by atoms with Crippen molar-refractivity contribution in [3.05, 3.63) is 156 Å². The molecule has 0 unspecified atom stereocenters. The van der Waals surface area contributed by atoms with Crippen molar-refractivity contribution in [3.8, 4) is 22.8 Å². The molecule has 0 N–H and O–H groups in total. The topological polar surface area (TPSA) is 77.3 Å². The molecule has 6 heterocycles. The molecule has 0 aliphatic rings. The van der Waals surface area contributed by atoms with E-state index in [1.807, 2.05) is 111 Å². The zero-order valence-corrected chi connectivity index (χ0v) is 27.3. The smallest absolute Gasteiger partial charge is 0.0888 e. The van der Waals surface area contributed by atoms with Crippen LogP contribution in [0.15, 0.2) is 122 Å². The van der Waals surface area contributed by atoms with Crippen molar-refractivity contribution in [2.24, 2.45) is 0 Å². The zero-order chi connectivity index (χ0) is 30.2. The van der Waals surface area contributed by atoms with Gasteiger partial charge in [-0.3, -0.25) is 29.9 Å². The minimum absolute atomic E-state index is 0. The van der Waals surface area contributed by atoms with Crippen molar-refractivity contribution in [3.63, 3.8) is 0 Å². The van der Waals surface area contributed by atoms with E-state index in [1.165, 1.54) is 33.4 Å². The van der Waals surface area contributed by atoms with E-state index in [0.717, 1.165) is 22.8 Å². The van der Waals surface area contributed by atoms with Gasteiger partial charge in [0.15, 0.2) is 0 Å². The van der Waals surface area contributed by atoms with Crippen LogP contribution in [-0.4, -0.2) is 29.9 Å². The minimum atomic E-state index is 0. The monoisotopic (exact) mass is 656 g/mol. The molecule has 0 spiro atoms. The minimum Gasteiger partial charge on any atom is -0.265 e. The summed E-state index contributed by atoms with van der Waals surface area (Å²) in [6.45, 7) is 12.3. The second-order valence-corrected chi connectivity index (χ2v) is 9.92. The van der Waals surface area contributed by atoms with Gasteiger partial charge in [0, 0.05) is 69.1 Å². The summed E-state index contributed by atoms with van der Waals surface area (Å²) in [5.41, 5.74) is 11.1. The second-order valence-electron chi connectivity index (χ2n) is 9.92. The molecular formula is C36H38N6Ru. The van der Waals surface area contributed by atoms with Gasteiger partial charge in [-0.2, -0.15) is 0 Å². The van der Waals surface area contributed by atoms with E-state index in [9.17, 15) is 0 Å². The van der Waals surface area contributed by atoms with Gasteiger partial charge < -0.3 is 0 Å². The Hall–Kier alpha value is -4.48. The Morgan fingerprint density at radius 3 is 0.674 bits per heavy atom. The number of rotatable bonds is 2. The number of aryl methyl sites for hydroxylation is 6. The summed E-state index contributed by atoms with van der Waals surface area (Å²) < 4.78 is 0. The fraction of sp³-hybridized carbons (Fsp3) is 0.167. The summed E-state index contributed by atoms with van der Waals surface area (Å²) in [7, 11) is 0. The van der Waals surface area contributed by atoms with Crippen molar-refractivity contribution in [1.29, 1.82) is 0 Å². The van der Waals surface area contributed by atoms with Crippen LogP contribution >= 0.6 is 0 Å². The largest absolute Gasteiger partial charge is 0.265 e. The normalized spacial score (nSPS) is 9.44. The molecule has 43 heavy (non-hydrogen) atoms. The van der Waals surface area contributed by atoms with Gasteiger partial charge in [0.2, 0.25) is 0 Å². The van der Waals surface area contributed by atoms with Crippen molar-refractivity contribution < 1.29 is 19.5 Å². The van der Waals surface area contributed by atoms with Gasteiger partial charge in [0.05, 0.1) is 22.8 Å². The zero-order valence-electron chi connectivity index (χ0n) is 25.6. The van der Waals surface area contributed by atoms with Crippen LogP contribution in [0.3, 0.4) is 0 Å². The molecule has 0 saturated heterocycles. The van der Waals surface area contributed by atoms with Crippen LogP contribution in [0.2, 0.25) is 0 Å². The first-order valence-corrected chi connectivity index (χ1v) is 13.7. The molecule has 0 saturated carbocycles. The summed E-state index contributed by atoms with van der Waals surface area (Å²) in [5, 5.41) is 0. The molecular weight excluding hydrogens is 618 g/mol. The number of aromatic nitrogens is 6. The predicted octanol–water partition coefficient (Wildman–Crippen LogP) is 8.30. The van der Waals surface area contributed by atoms with Crippen LogP contribution in [0.4, 0.5) is 0 Å². The van der Waals surface area contributed by atoms with Crippen molar-refractivity contribution >= 4 is 0 Å². The van der Waals surface area contributed by atoms with Gasteiger partial charge >= 0.3 is 0 Å². The Morgan fingerprint density at radius 2 is 0.512 bits per heavy atom.